The van der Waals surface area contributed by atoms with Crippen molar-refractivity contribution in [1.29, 1.82) is 0 Å². The molecule has 0 aliphatic rings. The second-order valence-electron chi connectivity index (χ2n) is 7.72. The number of aromatic nitrogens is 4. The van der Waals surface area contributed by atoms with Gasteiger partial charge in [0.2, 0.25) is 5.95 Å². The predicted molar refractivity (Wildman–Crippen MR) is 128 cm³/mol. The van der Waals surface area contributed by atoms with Crippen LogP contribution in [0.3, 0.4) is 0 Å². The van der Waals surface area contributed by atoms with E-state index in [1.807, 2.05) is 24.3 Å². The van der Waals surface area contributed by atoms with E-state index in [1.165, 1.54) is 22.1 Å². The molecule has 0 aliphatic heterocycles. The Labute approximate surface area is 204 Å². The lowest BCUT2D eigenvalue weighted by molar-refractivity contribution is -0.143. The van der Waals surface area contributed by atoms with Crippen LogP contribution in [0.25, 0.3) is 5.95 Å². The molecule has 0 radical (unpaired) electrons. The zero-order chi connectivity index (χ0) is 24.9. The molecule has 1 amide bonds. The highest BCUT2D eigenvalue weighted by Gasteiger charge is 2.18. The number of ether oxygens (including phenoxy) is 2. The number of benzene rings is 1. The van der Waals surface area contributed by atoms with E-state index in [9.17, 15) is 9.59 Å². The lowest BCUT2D eigenvalue weighted by atomic mass is 10.1. The van der Waals surface area contributed by atoms with Crippen molar-refractivity contribution in [3.8, 4) is 11.7 Å². The summed E-state index contributed by atoms with van der Waals surface area (Å²) in [7, 11) is 1.61. The first-order valence-electron chi connectivity index (χ1n) is 11.7. The van der Waals surface area contributed by atoms with Crippen molar-refractivity contribution in [2.24, 2.45) is 0 Å². The Kier molecular flexibility index (Phi) is 10.2. The highest BCUT2D eigenvalue weighted by molar-refractivity contribution is 5.92. The number of nitrogens with zero attached hydrogens (tertiary/aromatic N) is 5. The smallest absolute Gasteiger partial charge is 0.305 e. The average Bonchev–Trinajstić information content (AvgIpc) is 3.43. The van der Waals surface area contributed by atoms with E-state index in [2.05, 4.69) is 15.1 Å². The van der Waals surface area contributed by atoms with Gasteiger partial charge >= 0.3 is 5.97 Å². The first kappa shape index (κ1) is 25.8. The van der Waals surface area contributed by atoms with E-state index in [4.69, 9.17) is 14.3 Å². The van der Waals surface area contributed by atoms with Gasteiger partial charge in [-0.3, -0.25) is 14.4 Å². The fourth-order valence-electron chi connectivity index (χ4n) is 3.29. The summed E-state index contributed by atoms with van der Waals surface area (Å²) in [6.07, 6.45) is 9.89. The summed E-state index contributed by atoms with van der Waals surface area (Å²) in [6.45, 7) is 2.82. The number of hydrogen-bond acceptors (Lipinski definition) is 8. The van der Waals surface area contributed by atoms with Crippen molar-refractivity contribution < 1.29 is 23.9 Å². The average molecular weight is 482 g/mol. The molecular formula is C25H31N5O5. The van der Waals surface area contributed by atoms with Crippen molar-refractivity contribution in [3.63, 3.8) is 0 Å². The molecule has 3 rings (SSSR count). The maximum absolute atomic E-state index is 13.2. The number of unbranched alkanes of at least 4 members (excludes halogenated alkanes) is 3. The number of carbonyl (C=O) groups excluding carboxylic acids is 2. The van der Waals surface area contributed by atoms with Crippen LogP contribution in [0.2, 0.25) is 0 Å². The van der Waals surface area contributed by atoms with Gasteiger partial charge in [-0.15, -0.1) is 0 Å². The van der Waals surface area contributed by atoms with Gasteiger partial charge in [0.25, 0.3) is 5.91 Å². The molecule has 1 aromatic carbocycles. The number of hydroxylamine groups is 2. The van der Waals surface area contributed by atoms with E-state index >= 15 is 0 Å². The molecule has 2 heterocycles. The molecule has 0 N–H and O–H groups in total. The Hall–Kier alpha value is -3.79. The minimum absolute atomic E-state index is 0.175. The fourth-order valence-corrected chi connectivity index (χ4v) is 3.29. The van der Waals surface area contributed by atoms with Gasteiger partial charge in [-0.1, -0.05) is 25.0 Å². The molecule has 0 aliphatic carbocycles. The number of rotatable bonds is 14. The van der Waals surface area contributed by atoms with Gasteiger partial charge in [-0.25, -0.2) is 19.7 Å². The predicted octanol–water partition coefficient (Wildman–Crippen LogP) is 3.76. The van der Waals surface area contributed by atoms with Crippen LogP contribution in [0, 0.1) is 0 Å². The van der Waals surface area contributed by atoms with Crippen molar-refractivity contribution >= 4 is 11.9 Å². The Morgan fingerprint density at radius 3 is 2.43 bits per heavy atom. The standard InChI is InChI=1S/C25H31N5O5/c1-3-34-23(31)9-6-4-5-7-16-30(35-19-20-10-12-22(33-2)13-11-20)24(32)21-17-26-25(27-18-21)29-15-8-14-28-29/h8,10-15,17-18H,3-7,9,16,19H2,1-2H3. The molecule has 10 heteroatoms. The summed E-state index contributed by atoms with van der Waals surface area (Å²) in [5.41, 5.74) is 1.22. The third kappa shape index (κ3) is 8.18. The maximum atomic E-state index is 13.2. The molecule has 0 saturated carbocycles. The molecule has 2 aromatic heterocycles. The molecule has 35 heavy (non-hydrogen) atoms. The van der Waals surface area contributed by atoms with Gasteiger partial charge < -0.3 is 9.47 Å². The minimum atomic E-state index is -0.322. The summed E-state index contributed by atoms with van der Waals surface area (Å²) in [5.74, 6) is 0.625. The molecule has 3 aromatic rings. The summed E-state index contributed by atoms with van der Waals surface area (Å²) < 4.78 is 11.7. The third-order valence-corrected chi connectivity index (χ3v) is 5.16. The van der Waals surface area contributed by atoms with Crippen LogP contribution in [-0.2, 0) is 21.0 Å². The van der Waals surface area contributed by atoms with E-state index in [-0.39, 0.29) is 18.5 Å². The summed E-state index contributed by atoms with van der Waals surface area (Å²) in [4.78, 5) is 39.0. The number of carbonyl (C=O) groups is 2. The van der Waals surface area contributed by atoms with E-state index in [0.717, 1.165) is 37.0 Å². The molecule has 0 spiro atoms. The molecule has 0 fully saturated rings. The van der Waals surface area contributed by atoms with E-state index in [1.54, 1.807) is 32.5 Å². The lowest BCUT2D eigenvalue weighted by Crippen LogP contribution is -2.32. The summed E-state index contributed by atoms with van der Waals surface area (Å²) in [5, 5.41) is 5.44. The van der Waals surface area contributed by atoms with Crippen LogP contribution >= 0.6 is 0 Å². The largest absolute Gasteiger partial charge is 0.497 e. The van der Waals surface area contributed by atoms with Crippen LogP contribution in [0.5, 0.6) is 5.75 Å². The first-order valence-corrected chi connectivity index (χ1v) is 11.7. The van der Waals surface area contributed by atoms with Gasteiger partial charge in [-0.05, 0) is 43.5 Å². The van der Waals surface area contributed by atoms with Crippen LogP contribution in [0.15, 0.2) is 55.1 Å². The fraction of sp³-hybridized carbons (Fsp3) is 0.400. The van der Waals surface area contributed by atoms with Gasteiger partial charge in [0.05, 0.1) is 19.3 Å². The highest BCUT2D eigenvalue weighted by Crippen LogP contribution is 2.15. The molecular weight excluding hydrogens is 450 g/mol. The molecule has 0 atom stereocenters. The van der Waals surface area contributed by atoms with Gasteiger partial charge in [0.15, 0.2) is 0 Å². The first-order chi connectivity index (χ1) is 17.1. The second-order valence-corrected chi connectivity index (χ2v) is 7.72. The minimum Gasteiger partial charge on any atom is -0.497 e. The zero-order valence-electron chi connectivity index (χ0n) is 20.1. The monoisotopic (exact) mass is 481 g/mol. The summed E-state index contributed by atoms with van der Waals surface area (Å²) in [6, 6.07) is 9.23. The lowest BCUT2D eigenvalue weighted by Gasteiger charge is -2.22. The van der Waals surface area contributed by atoms with Crippen molar-refractivity contribution in [2.45, 2.75) is 45.6 Å². The van der Waals surface area contributed by atoms with Crippen molar-refractivity contribution in [1.82, 2.24) is 24.8 Å². The zero-order valence-corrected chi connectivity index (χ0v) is 20.1. The van der Waals surface area contributed by atoms with Crippen LogP contribution in [-0.4, -0.2) is 56.9 Å². The molecule has 10 nitrogen and oxygen atoms in total. The number of methoxy groups -OCH3 is 1. The Morgan fingerprint density at radius 2 is 1.77 bits per heavy atom. The molecule has 186 valence electrons. The van der Waals surface area contributed by atoms with Crippen LogP contribution in [0.4, 0.5) is 0 Å². The van der Waals surface area contributed by atoms with Gasteiger partial charge in [-0.2, -0.15) is 5.10 Å². The quantitative estimate of drug-likeness (QED) is 0.195. The van der Waals surface area contributed by atoms with Gasteiger partial charge in [0.1, 0.15) is 12.4 Å². The Bertz CT molecular complexity index is 1040. The maximum Gasteiger partial charge on any atom is 0.305 e. The highest BCUT2D eigenvalue weighted by atomic mass is 16.7. The van der Waals surface area contributed by atoms with E-state index < -0.39 is 0 Å². The molecule has 0 unspecified atom stereocenters. The van der Waals surface area contributed by atoms with E-state index in [0.29, 0.717) is 31.1 Å². The molecule has 0 saturated heterocycles. The third-order valence-electron chi connectivity index (χ3n) is 5.16. The SMILES string of the molecule is CCOC(=O)CCCCCCN(OCc1ccc(OC)cc1)C(=O)c1cnc(-n2cccn2)nc1. The Morgan fingerprint density at radius 1 is 1.03 bits per heavy atom. The summed E-state index contributed by atoms with van der Waals surface area (Å²) >= 11 is 0. The second kappa shape index (κ2) is 13.8. The number of esters is 1. The Balaban J connectivity index is 1.58. The number of amides is 1. The number of hydrogen-bond donors (Lipinski definition) is 0. The van der Waals surface area contributed by atoms with Gasteiger partial charge in [0, 0.05) is 37.8 Å². The van der Waals surface area contributed by atoms with Crippen LogP contribution in [0.1, 0.15) is 54.9 Å². The normalized spacial score (nSPS) is 10.7. The topological polar surface area (TPSA) is 109 Å². The van der Waals surface area contributed by atoms with Crippen molar-refractivity contribution in [2.75, 3.05) is 20.3 Å². The molecule has 0 bridgehead atoms. The van der Waals surface area contributed by atoms with Crippen LogP contribution < -0.4 is 4.74 Å². The van der Waals surface area contributed by atoms with Crippen molar-refractivity contribution in [3.05, 3.63) is 66.2 Å².